The molecule has 1 aromatic heterocycles. The van der Waals surface area contributed by atoms with Gasteiger partial charge in [0.2, 0.25) is 11.1 Å². The molecule has 0 fully saturated rings. The first-order chi connectivity index (χ1) is 24.7. The SMILES string of the molecule is CCCCCCCCCCCCOC(=O)c1ccc(Cl)c(NC(=O)C(Sc2nnnn2-c2cccc(C(=O)O)c2)C(=O)c2ccc(OC)cc2)c1. The molecule has 4 rings (SSSR count). The van der Waals surface area contributed by atoms with Crippen LogP contribution < -0.4 is 10.1 Å². The summed E-state index contributed by atoms with van der Waals surface area (Å²) in [6, 6.07) is 16.5. The van der Waals surface area contributed by atoms with E-state index < -0.39 is 28.9 Å². The van der Waals surface area contributed by atoms with Crippen molar-refractivity contribution in [2.24, 2.45) is 0 Å². The molecule has 51 heavy (non-hydrogen) atoms. The van der Waals surface area contributed by atoms with E-state index in [0.29, 0.717) is 11.4 Å². The molecule has 0 aliphatic carbocycles. The van der Waals surface area contributed by atoms with Gasteiger partial charge in [-0.25, -0.2) is 9.59 Å². The van der Waals surface area contributed by atoms with Gasteiger partial charge >= 0.3 is 11.9 Å². The van der Waals surface area contributed by atoms with Crippen molar-refractivity contribution in [2.45, 2.75) is 81.5 Å². The molecule has 3 aromatic carbocycles. The predicted octanol–water partition coefficient (Wildman–Crippen LogP) is 8.08. The van der Waals surface area contributed by atoms with Crippen LogP contribution in [0.2, 0.25) is 5.02 Å². The molecule has 14 heteroatoms. The summed E-state index contributed by atoms with van der Waals surface area (Å²) in [4.78, 5) is 52.2. The van der Waals surface area contributed by atoms with Gasteiger partial charge in [-0.15, -0.1) is 5.10 Å². The highest BCUT2D eigenvalue weighted by Crippen LogP contribution is 2.30. The lowest BCUT2D eigenvalue weighted by Gasteiger charge is -2.17. The Bertz CT molecular complexity index is 1780. The number of carboxylic acid groups (broad SMARTS) is 1. The lowest BCUT2D eigenvalue weighted by Crippen LogP contribution is -2.33. The van der Waals surface area contributed by atoms with Crippen LogP contribution in [0.4, 0.5) is 5.69 Å². The largest absolute Gasteiger partial charge is 0.497 e. The maximum atomic E-state index is 13.9. The average Bonchev–Trinajstić information content (AvgIpc) is 3.61. The number of esters is 1. The number of aromatic carboxylic acids is 1. The average molecular weight is 736 g/mol. The van der Waals surface area contributed by atoms with E-state index in [2.05, 4.69) is 27.8 Å². The highest BCUT2D eigenvalue weighted by atomic mass is 35.5. The molecule has 0 saturated carbocycles. The smallest absolute Gasteiger partial charge is 0.338 e. The van der Waals surface area contributed by atoms with E-state index in [9.17, 15) is 24.3 Å². The normalized spacial score (nSPS) is 11.5. The van der Waals surface area contributed by atoms with Crippen LogP contribution in [0, 0.1) is 0 Å². The summed E-state index contributed by atoms with van der Waals surface area (Å²) in [5, 5.41) is 22.5. The number of hydrogen-bond donors (Lipinski definition) is 2. The number of tetrazole rings is 1. The highest BCUT2D eigenvalue weighted by molar-refractivity contribution is 8.01. The Morgan fingerprint density at radius 2 is 1.53 bits per heavy atom. The number of halogens is 1. The molecular weight excluding hydrogens is 694 g/mol. The topological polar surface area (TPSA) is 163 Å². The van der Waals surface area contributed by atoms with Crippen molar-refractivity contribution in [1.82, 2.24) is 20.2 Å². The third-order valence-corrected chi connectivity index (χ3v) is 9.50. The summed E-state index contributed by atoms with van der Waals surface area (Å²) < 4.78 is 11.9. The number of carbonyl (C=O) groups is 4. The van der Waals surface area contributed by atoms with Gasteiger partial charge in [-0.3, -0.25) is 9.59 Å². The van der Waals surface area contributed by atoms with Crippen molar-refractivity contribution in [3.8, 4) is 11.4 Å². The zero-order chi connectivity index (χ0) is 36.6. The van der Waals surface area contributed by atoms with E-state index in [1.54, 1.807) is 18.2 Å². The molecule has 0 radical (unpaired) electrons. The molecule has 2 N–H and O–H groups in total. The minimum atomic E-state index is -1.44. The molecule has 12 nitrogen and oxygen atoms in total. The molecule has 0 aliphatic rings. The number of nitrogens with one attached hydrogen (secondary N) is 1. The number of unbranched alkanes of at least 4 members (excludes halogenated alkanes) is 9. The zero-order valence-electron chi connectivity index (χ0n) is 28.7. The van der Waals surface area contributed by atoms with Gasteiger partial charge in [-0.05, 0) is 77.5 Å². The molecule has 0 aliphatic heterocycles. The second-order valence-electron chi connectivity index (χ2n) is 11.8. The summed E-state index contributed by atoms with van der Waals surface area (Å²) in [7, 11) is 1.49. The van der Waals surface area contributed by atoms with Gasteiger partial charge in [0.05, 0.1) is 41.2 Å². The number of nitrogens with zero attached hydrogens (tertiary/aromatic N) is 4. The van der Waals surface area contributed by atoms with E-state index in [0.717, 1.165) is 31.0 Å². The Balaban J connectivity index is 1.45. The number of carbonyl (C=O) groups excluding carboxylic acids is 3. The van der Waals surface area contributed by atoms with Crippen molar-refractivity contribution >= 4 is 52.7 Å². The summed E-state index contributed by atoms with van der Waals surface area (Å²) in [6.45, 7) is 2.49. The maximum absolute atomic E-state index is 13.9. The third kappa shape index (κ3) is 11.6. The van der Waals surface area contributed by atoms with Crippen molar-refractivity contribution in [2.75, 3.05) is 19.0 Å². The van der Waals surface area contributed by atoms with Crippen molar-refractivity contribution in [3.63, 3.8) is 0 Å². The number of ether oxygens (including phenoxy) is 2. The minimum Gasteiger partial charge on any atom is -0.497 e. The van der Waals surface area contributed by atoms with Crippen LogP contribution >= 0.6 is 23.4 Å². The van der Waals surface area contributed by atoms with Gasteiger partial charge in [-0.2, -0.15) is 4.68 Å². The van der Waals surface area contributed by atoms with Crippen molar-refractivity contribution < 1.29 is 33.8 Å². The van der Waals surface area contributed by atoms with E-state index in [1.807, 2.05) is 0 Å². The number of aromatic nitrogens is 4. The molecular formula is C37H42ClN5O7S. The lowest BCUT2D eigenvalue weighted by atomic mass is 10.1. The van der Waals surface area contributed by atoms with E-state index >= 15 is 0 Å². The minimum absolute atomic E-state index is 0.000833. The first kappa shape index (κ1) is 39.0. The number of carboxylic acids is 1. The Hall–Kier alpha value is -4.75. The first-order valence-corrected chi connectivity index (χ1v) is 18.2. The number of ketones is 1. The number of benzene rings is 3. The zero-order valence-corrected chi connectivity index (χ0v) is 30.3. The first-order valence-electron chi connectivity index (χ1n) is 17.0. The van der Waals surface area contributed by atoms with Gasteiger partial charge in [0, 0.05) is 5.56 Å². The number of amides is 1. The Morgan fingerprint density at radius 1 is 0.863 bits per heavy atom. The van der Waals surface area contributed by atoms with Crippen molar-refractivity contribution in [3.05, 3.63) is 88.4 Å². The fourth-order valence-electron chi connectivity index (χ4n) is 5.21. The second kappa shape index (κ2) is 20.2. The summed E-state index contributed by atoms with van der Waals surface area (Å²) in [6.07, 6.45) is 11.6. The molecule has 1 unspecified atom stereocenters. The van der Waals surface area contributed by atoms with Gasteiger partial charge in [0.15, 0.2) is 11.0 Å². The molecule has 270 valence electrons. The Morgan fingerprint density at radius 3 is 2.20 bits per heavy atom. The molecule has 1 heterocycles. The molecule has 4 aromatic rings. The number of methoxy groups -OCH3 is 1. The van der Waals surface area contributed by atoms with Crippen LogP contribution in [0.3, 0.4) is 0 Å². The van der Waals surface area contributed by atoms with Gasteiger partial charge in [-0.1, -0.05) is 94.1 Å². The predicted molar refractivity (Wildman–Crippen MR) is 195 cm³/mol. The van der Waals surface area contributed by atoms with E-state index in [-0.39, 0.29) is 39.2 Å². The number of anilines is 1. The molecule has 0 spiro atoms. The van der Waals surface area contributed by atoms with Crippen molar-refractivity contribution in [1.29, 1.82) is 0 Å². The van der Waals surface area contributed by atoms with Crippen LogP contribution in [0.25, 0.3) is 5.69 Å². The summed E-state index contributed by atoms with van der Waals surface area (Å²) in [5.41, 5.74) is 0.821. The summed E-state index contributed by atoms with van der Waals surface area (Å²) in [5.74, 6) is -2.51. The second-order valence-corrected chi connectivity index (χ2v) is 13.3. The maximum Gasteiger partial charge on any atom is 0.338 e. The van der Waals surface area contributed by atoms with Crippen LogP contribution in [-0.2, 0) is 9.53 Å². The monoisotopic (exact) mass is 735 g/mol. The molecule has 1 atom stereocenters. The lowest BCUT2D eigenvalue weighted by molar-refractivity contribution is -0.115. The number of thioether (sulfide) groups is 1. The Kier molecular flexibility index (Phi) is 15.5. The van der Waals surface area contributed by atoms with Gasteiger partial charge in [0.1, 0.15) is 5.75 Å². The van der Waals surface area contributed by atoms with E-state index in [1.165, 1.54) is 105 Å². The molecule has 0 saturated heterocycles. The number of Topliss-reactive ketones (excluding diaryl/α,β-unsaturated/α-hetero) is 1. The van der Waals surface area contributed by atoms with Crippen LogP contribution in [0.15, 0.2) is 71.9 Å². The van der Waals surface area contributed by atoms with Gasteiger partial charge in [0.25, 0.3) is 0 Å². The quantitative estimate of drug-likeness (QED) is 0.0280. The number of rotatable bonds is 21. The van der Waals surface area contributed by atoms with Crippen LogP contribution in [-0.4, -0.2) is 67.9 Å². The summed E-state index contributed by atoms with van der Waals surface area (Å²) >= 11 is 7.20. The van der Waals surface area contributed by atoms with Crippen LogP contribution in [0.1, 0.15) is 102 Å². The van der Waals surface area contributed by atoms with E-state index in [4.69, 9.17) is 21.1 Å². The molecule has 0 bridgehead atoms. The van der Waals surface area contributed by atoms with Gasteiger partial charge < -0.3 is 19.9 Å². The fraction of sp³-hybridized carbons (Fsp3) is 0.378. The highest BCUT2D eigenvalue weighted by Gasteiger charge is 2.32. The standard InChI is InChI=1S/C37H42ClN5O7S/c1-3-4-5-6-7-8-9-10-11-12-22-50-36(48)27-18-21-30(38)31(24-27)39-34(45)33(32(44)25-16-19-29(49-2)20-17-25)51-37-40-41-42-43(37)28-15-13-14-26(23-28)35(46)47/h13-21,23-24,33H,3-12,22H2,1-2H3,(H,39,45)(H,46,47). The number of hydrogen-bond acceptors (Lipinski definition) is 10. The molecule has 1 amide bonds. The third-order valence-electron chi connectivity index (χ3n) is 8.04. The Labute approximate surface area is 306 Å². The fourth-order valence-corrected chi connectivity index (χ4v) is 6.32. The van der Waals surface area contributed by atoms with Crippen LogP contribution in [0.5, 0.6) is 5.75 Å².